The van der Waals surface area contributed by atoms with Gasteiger partial charge in [-0.3, -0.25) is 4.79 Å². The SMILES string of the molecule is NCC1CN(c2ccc3nc[nH]c3c2)C(=O)CO1. The van der Waals surface area contributed by atoms with Gasteiger partial charge >= 0.3 is 0 Å². The summed E-state index contributed by atoms with van der Waals surface area (Å²) < 4.78 is 5.33. The smallest absolute Gasteiger partial charge is 0.253 e. The summed E-state index contributed by atoms with van der Waals surface area (Å²) in [5.41, 5.74) is 8.23. The molecule has 3 N–H and O–H groups in total. The molecule has 6 nitrogen and oxygen atoms in total. The van der Waals surface area contributed by atoms with E-state index < -0.39 is 0 Å². The third-order valence-electron chi connectivity index (χ3n) is 3.11. The number of hydrogen-bond donors (Lipinski definition) is 2. The molecule has 3 rings (SSSR count). The Balaban J connectivity index is 1.93. The molecule has 2 heterocycles. The van der Waals surface area contributed by atoms with E-state index in [4.69, 9.17) is 10.5 Å². The largest absolute Gasteiger partial charge is 0.365 e. The lowest BCUT2D eigenvalue weighted by Gasteiger charge is -2.32. The van der Waals surface area contributed by atoms with Crippen LogP contribution in [-0.2, 0) is 9.53 Å². The molecule has 1 atom stereocenters. The van der Waals surface area contributed by atoms with Crippen molar-refractivity contribution in [2.45, 2.75) is 6.10 Å². The van der Waals surface area contributed by atoms with Crippen LogP contribution < -0.4 is 10.6 Å². The third-order valence-corrected chi connectivity index (χ3v) is 3.11. The van der Waals surface area contributed by atoms with E-state index in [0.717, 1.165) is 16.7 Å². The maximum Gasteiger partial charge on any atom is 0.253 e. The van der Waals surface area contributed by atoms with Crippen LogP contribution in [0.3, 0.4) is 0 Å². The Kier molecular flexibility index (Phi) is 2.73. The van der Waals surface area contributed by atoms with Crippen molar-refractivity contribution in [3.05, 3.63) is 24.5 Å². The van der Waals surface area contributed by atoms with Crippen molar-refractivity contribution in [3.63, 3.8) is 0 Å². The molecular weight excluding hydrogens is 232 g/mol. The molecule has 1 unspecified atom stereocenters. The van der Waals surface area contributed by atoms with Crippen molar-refractivity contribution in [2.24, 2.45) is 5.73 Å². The Labute approximate surface area is 104 Å². The molecule has 0 radical (unpaired) electrons. The zero-order valence-corrected chi connectivity index (χ0v) is 9.80. The molecule has 1 aromatic carbocycles. The minimum absolute atomic E-state index is 0.0430. The Morgan fingerprint density at radius 2 is 2.44 bits per heavy atom. The lowest BCUT2D eigenvalue weighted by atomic mass is 10.2. The number of H-pyrrole nitrogens is 1. The molecule has 0 bridgehead atoms. The van der Waals surface area contributed by atoms with Crippen LogP contribution in [0.2, 0.25) is 0 Å². The average Bonchev–Trinajstić information content (AvgIpc) is 2.86. The molecule has 0 spiro atoms. The summed E-state index contributed by atoms with van der Waals surface area (Å²) in [6.07, 6.45) is 1.54. The summed E-state index contributed by atoms with van der Waals surface area (Å²) in [7, 11) is 0. The fourth-order valence-corrected chi connectivity index (χ4v) is 2.11. The number of carbonyl (C=O) groups excluding carboxylic acids is 1. The Morgan fingerprint density at radius 1 is 1.56 bits per heavy atom. The third kappa shape index (κ3) is 1.85. The maximum absolute atomic E-state index is 11.9. The first-order valence-corrected chi connectivity index (χ1v) is 5.83. The van der Waals surface area contributed by atoms with Crippen LogP contribution in [0.4, 0.5) is 5.69 Å². The van der Waals surface area contributed by atoms with Crippen molar-refractivity contribution >= 4 is 22.6 Å². The molecule has 0 saturated carbocycles. The second-order valence-corrected chi connectivity index (χ2v) is 4.28. The number of rotatable bonds is 2. The van der Waals surface area contributed by atoms with Crippen molar-refractivity contribution in [1.29, 1.82) is 0 Å². The molecule has 94 valence electrons. The molecule has 1 aromatic heterocycles. The van der Waals surface area contributed by atoms with E-state index in [9.17, 15) is 4.79 Å². The van der Waals surface area contributed by atoms with Crippen LogP contribution in [0.15, 0.2) is 24.5 Å². The van der Waals surface area contributed by atoms with Crippen LogP contribution >= 0.6 is 0 Å². The quantitative estimate of drug-likeness (QED) is 0.795. The van der Waals surface area contributed by atoms with Gasteiger partial charge < -0.3 is 20.4 Å². The van der Waals surface area contributed by atoms with Gasteiger partial charge in [-0.2, -0.15) is 0 Å². The molecule has 18 heavy (non-hydrogen) atoms. The number of aromatic amines is 1. The van der Waals surface area contributed by atoms with E-state index in [0.29, 0.717) is 13.1 Å². The Hall–Kier alpha value is -1.92. The highest BCUT2D eigenvalue weighted by Gasteiger charge is 2.26. The van der Waals surface area contributed by atoms with E-state index in [1.165, 1.54) is 0 Å². The number of nitrogens with zero attached hydrogens (tertiary/aromatic N) is 2. The van der Waals surface area contributed by atoms with Gasteiger partial charge in [0.1, 0.15) is 6.61 Å². The van der Waals surface area contributed by atoms with E-state index >= 15 is 0 Å². The number of carbonyl (C=O) groups is 1. The normalized spacial score (nSPS) is 20.6. The molecule has 2 aromatic rings. The van der Waals surface area contributed by atoms with Gasteiger partial charge in [0.25, 0.3) is 5.91 Å². The fraction of sp³-hybridized carbons (Fsp3) is 0.333. The van der Waals surface area contributed by atoms with Gasteiger partial charge in [-0.05, 0) is 18.2 Å². The summed E-state index contributed by atoms with van der Waals surface area (Å²) in [4.78, 5) is 20.8. The van der Waals surface area contributed by atoms with Gasteiger partial charge in [-0.1, -0.05) is 0 Å². The number of morpholine rings is 1. The number of imidazole rings is 1. The molecule has 1 aliphatic heterocycles. The number of amides is 1. The molecule has 1 aliphatic rings. The second-order valence-electron chi connectivity index (χ2n) is 4.28. The van der Waals surface area contributed by atoms with Crippen molar-refractivity contribution in [2.75, 3.05) is 24.6 Å². The predicted octanol–water partition coefficient (Wildman–Crippen LogP) is 0.253. The van der Waals surface area contributed by atoms with E-state index in [2.05, 4.69) is 9.97 Å². The van der Waals surface area contributed by atoms with Gasteiger partial charge in [-0.25, -0.2) is 4.98 Å². The first-order chi connectivity index (χ1) is 8.78. The molecule has 1 amide bonds. The van der Waals surface area contributed by atoms with Gasteiger partial charge in [0.15, 0.2) is 0 Å². The molecule has 0 aliphatic carbocycles. The van der Waals surface area contributed by atoms with E-state index in [1.54, 1.807) is 11.2 Å². The topological polar surface area (TPSA) is 84.2 Å². The van der Waals surface area contributed by atoms with Gasteiger partial charge in [-0.15, -0.1) is 0 Å². The minimum Gasteiger partial charge on any atom is -0.365 e. The van der Waals surface area contributed by atoms with E-state index in [-0.39, 0.29) is 18.6 Å². The second kappa shape index (κ2) is 4.40. The van der Waals surface area contributed by atoms with Gasteiger partial charge in [0, 0.05) is 12.2 Å². The van der Waals surface area contributed by atoms with Crippen molar-refractivity contribution in [3.8, 4) is 0 Å². The predicted molar refractivity (Wildman–Crippen MR) is 67.2 cm³/mol. The summed E-state index contributed by atoms with van der Waals surface area (Å²) in [6, 6.07) is 5.69. The Morgan fingerprint density at radius 3 is 3.28 bits per heavy atom. The molecule has 6 heteroatoms. The first-order valence-electron chi connectivity index (χ1n) is 5.83. The number of fused-ring (bicyclic) bond motifs is 1. The highest BCUT2D eigenvalue weighted by atomic mass is 16.5. The summed E-state index contributed by atoms with van der Waals surface area (Å²) >= 11 is 0. The standard InChI is InChI=1S/C12H14N4O2/c13-4-9-5-16(12(17)6-18-9)8-1-2-10-11(3-8)15-7-14-10/h1-3,7,9H,4-6,13H2,(H,14,15). The van der Waals surface area contributed by atoms with Gasteiger partial charge in [0.05, 0.1) is 30.0 Å². The van der Waals surface area contributed by atoms with Crippen LogP contribution in [0.25, 0.3) is 11.0 Å². The van der Waals surface area contributed by atoms with Gasteiger partial charge in [0.2, 0.25) is 0 Å². The van der Waals surface area contributed by atoms with Crippen molar-refractivity contribution in [1.82, 2.24) is 9.97 Å². The monoisotopic (exact) mass is 246 g/mol. The number of aromatic nitrogens is 2. The lowest BCUT2D eigenvalue weighted by molar-refractivity contribution is -0.128. The number of anilines is 1. The zero-order chi connectivity index (χ0) is 12.5. The molecular formula is C12H14N4O2. The number of nitrogens with two attached hydrogens (primary N) is 1. The summed E-state index contributed by atoms with van der Waals surface area (Å²) in [5, 5.41) is 0. The average molecular weight is 246 g/mol. The fourth-order valence-electron chi connectivity index (χ4n) is 2.11. The lowest BCUT2D eigenvalue weighted by Crippen LogP contribution is -2.49. The van der Waals surface area contributed by atoms with Crippen LogP contribution in [0, 0.1) is 0 Å². The highest BCUT2D eigenvalue weighted by Crippen LogP contribution is 2.22. The molecule has 1 fully saturated rings. The van der Waals surface area contributed by atoms with Crippen LogP contribution in [0.5, 0.6) is 0 Å². The number of ether oxygens (including phenoxy) is 1. The molecule has 1 saturated heterocycles. The zero-order valence-electron chi connectivity index (χ0n) is 9.80. The number of hydrogen-bond acceptors (Lipinski definition) is 4. The summed E-state index contributed by atoms with van der Waals surface area (Å²) in [6.45, 7) is 0.994. The number of nitrogens with one attached hydrogen (secondary N) is 1. The maximum atomic E-state index is 11.9. The minimum atomic E-state index is -0.0971. The highest BCUT2D eigenvalue weighted by molar-refractivity contribution is 5.96. The van der Waals surface area contributed by atoms with Crippen LogP contribution in [0.1, 0.15) is 0 Å². The van der Waals surface area contributed by atoms with E-state index in [1.807, 2.05) is 18.2 Å². The summed E-state index contributed by atoms with van der Waals surface area (Å²) in [5.74, 6) is -0.0430. The number of benzene rings is 1. The van der Waals surface area contributed by atoms with Crippen LogP contribution in [-0.4, -0.2) is 41.7 Å². The Bertz CT molecular complexity index is 580. The first kappa shape index (κ1) is 11.2. The van der Waals surface area contributed by atoms with Crippen molar-refractivity contribution < 1.29 is 9.53 Å².